The summed E-state index contributed by atoms with van der Waals surface area (Å²) >= 11 is 0. The highest BCUT2D eigenvalue weighted by Crippen LogP contribution is 2.31. The molecular weight excluding hydrogens is 298 g/mol. The average Bonchev–Trinajstić information content (AvgIpc) is 2.48. The van der Waals surface area contributed by atoms with Crippen LogP contribution in [0, 0.1) is 5.92 Å². The Morgan fingerprint density at radius 1 is 1.35 bits per heavy atom. The molecule has 0 aromatic heterocycles. The molecule has 0 radical (unpaired) electrons. The number of aliphatic carboxylic acids is 1. The molecule has 0 bridgehead atoms. The molecule has 124 valence electrons. The summed E-state index contributed by atoms with van der Waals surface area (Å²) in [5, 5.41) is 14.4. The van der Waals surface area contributed by atoms with E-state index in [0.29, 0.717) is 11.3 Å². The van der Waals surface area contributed by atoms with Crippen molar-refractivity contribution in [3.05, 3.63) is 23.8 Å². The predicted octanol–water partition coefficient (Wildman–Crippen LogP) is 1.30. The van der Waals surface area contributed by atoms with Crippen molar-refractivity contribution in [3.63, 3.8) is 0 Å². The smallest absolute Gasteiger partial charge is 0.326 e. The summed E-state index contributed by atoms with van der Waals surface area (Å²) in [4.78, 5) is 37.2. The number of nitrogens with one attached hydrogen (secondary N) is 2. The summed E-state index contributed by atoms with van der Waals surface area (Å²) in [6, 6.07) is 3.67. The molecule has 2 amide bonds. The summed E-state index contributed by atoms with van der Waals surface area (Å²) < 4.78 is 0. The Morgan fingerprint density at radius 2 is 2.00 bits per heavy atom. The lowest BCUT2D eigenvalue weighted by Crippen LogP contribution is -2.45. The number of carbonyl (C=O) groups excluding carboxylic acids is 2. The normalized spacial score (nSPS) is 18.2. The molecule has 2 atom stereocenters. The fraction of sp³-hybridized carbons (Fsp3) is 0.438. The molecule has 0 saturated heterocycles. The SMILES string of the molecule is CC(C)[C@@H](NC(=O)c1ccc2c(c1)NC(=O)C(C)N2C)C(=O)O. The highest BCUT2D eigenvalue weighted by molar-refractivity contribution is 6.05. The van der Waals surface area contributed by atoms with E-state index in [-0.39, 0.29) is 17.9 Å². The minimum absolute atomic E-state index is 0.150. The molecule has 1 aliphatic heterocycles. The van der Waals surface area contributed by atoms with Crippen LogP contribution in [0.4, 0.5) is 11.4 Å². The first-order chi connectivity index (χ1) is 10.7. The van der Waals surface area contributed by atoms with Crippen LogP contribution in [-0.4, -0.2) is 42.0 Å². The van der Waals surface area contributed by atoms with Crippen molar-refractivity contribution in [2.45, 2.75) is 32.9 Å². The molecule has 1 unspecified atom stereocenters. The summed E-state index contributed by atoms with van der Waals surface area (Å²) in [7, 11) is 1.81. The molecule has 0 fully saturated rings. The fourth-order valence-electron chi connectivity index (χ4n) is 2.44. The van der Waals surface area contributed by atoms with Crippen LogP contribution in [0.3, 0.4) is 0 Å². The zero-order valence-electron chi connectivity index (χ0n) is 13.6. The van der Waals surface area contributed by atoms with Gasteiger partial charge in [0.05, 0.1) is 11.4 Å². The number of carbonyl (C=O) groups is 3. The Morgan fingerprint density at radius 3 is 2.57 bits per heavy atom. The molecule has 1 aromatic rings. The van der Waals surface area contributed by atoms with E-state index >= 15 is 0 Å². The van der Waals surface area contributed by atoms with Gasteiger partial charge < -0.3 is 20.6 Å². The third-order valence-electron chi connectivity index (χ3n) is 4.08. The molecule has 1 aliphatic rings. The van der Waals surface area contributed by atoms with Gasteiger partial charge in [-0.05, 0) is 31.0 Å². The first kappa shape index (κ1) is 16.8. The fourth-order valence-corrected chi connectivity index (χ4v) is 2.44. The Labute approximate surface area is 134 Å². The quantitative estimate of drug-likeness (QED) is 0.777. The molecular formula is C16H21N3O4. The number of carboxylic acids is 1. The molecule has 3 N–H and O–H groups in total. The van der Waals surface area contributed by atoms with Gasteiger partial charge in [-0.1, -0.05) is 13.8 Å². The number of nitrogens with zero attached hydrogens (tertiary/aromatic N) is 1. The lowest BCUT2D eigenvalue weighted by atomic mass is 10.0. The minimum Gasteiger partial charge on any atom is -0.480 e. The highest BCUT2D eigenvalue weighted by atomic mass is 16.4. The van der Waals surface area contributed by atoms with Gasteiger partial charge in [0.1, 0.15) is 12.1 Å². The summed E-state index contributed by atoms with van der Waals surface area (Å²) in [6.07, 6.45) is 0. The molecule has 0 saturated carbocycles. The Hall–Kier alpha value is -2.57. The Balaban J connectivity index is 2.25. The van der Waals surface area contributed by atoms with Gasteiger partial charge in [-0.3, -0.25) is 9.59 Å². The number of hydrogen-bond acceptors (Lipinski definition) is 4. The molecule has 0 spiro atoms. The van der Waals surface area contributed by atoms with E-state index < -0.39 is 17.9 Å². The van der Waals surface area contributed by atoms with Crippen LogP contribution in [0.5, 0.6) is 0 Å². The standard InChI is InChI=1S/C16H21N3O4/c1-8(2)13(16(22)23)18-15(21)10-5-6-12-11(7-10)17-14(20)9(3)19(12)4/h5-9,13H,1-4H3,(H,17,20)(H,18,21)(H,22,23)/t9?,13-/m1/s1. The largest absolute Gasteiger partial charge is 0.480 e. The maximum absolute atomic E-state index is 12.3. The van der Waals surface area contributed by atoms with Gasteiger partial charge in [0.25, 0.3) is 5.91 Å². The lowest BCUT2D eigenvalue weighted by molar-refractivity contribution is -0.140. The van der Waals surface area contributed by atoms with Gasteiger partial charge in [0.2, 0.25) is 5.91 Å². The van der Waals surface area contributed by atoms with Crippen molar-refractivity contribution in [3.8, 4) is 0 Å². The van der Waals surface area contributed by atoms with Crippen LogP contribution in [0.25, 0.3) is 0 Å². The van der Waals surface area contributed by atoms with Crippen molar-refractivity contribution in [2.75, 3.05) is 17.3 Å². The maximum Gasteiger partial charge on any atom is 0.326 e. The number of anilines is 2. The van der Waals surface area contributed by atoms with E-state index in [1.807, 2.05) is 4.90 Å². The highest BCUT2D eigenvalue weighted by Gasteiger charge is 2.28. The summed E-state index contributed by atoms with van der Waals surface area (Å²) in [6.45, 7) is 5.24. The Bertz CT molecular complexity index is 657. The van der Waals surface area contributed by atoms with Crippen molar-refractivity contribution in [1.29, 1.82) is 0 Å². The number of carboxylic acid groups (broad SMARTS) is 1. The van der Waals surface area contributed by atoms with Gasteiger partial charge >= 0.3 is 5.97 Å². The number of fused-ring (bicyclic) bond motifs is 1. The van der Waals surface area contributed by atoms with E-state index in [1.54, 1.807) is 46.0 Å². The van der Waals surface area contributed by atoms with Crippen LogP contribution >= 0.6 is 0 Å². The minimum atomic E-state index is -1.08. The van der Waals surface area contributed by atoms with E-state index in [2.05, 4.69) is 10.6 Å². The molecule has 0 aliphatic carbocycles. The van der Waals surface area contributed by atoms with Crippen molar-refractivity contribution < 1.29 is 19.5 Å². The molecule has 7 heteroatoms. The van der Waals surface area contributed by atoms with Gasteiger partial charge in [0, 0.05) is 12.6 Å². The predicted molar refractivity (Wildman–Crippen MR) is 86.7 cm³/mol. The van der Waals surface area contributed by atoms with Crippen molar-refractivity contribution in [1.82, 2.24) is 5.32 Å². The summed E-state index contributed by atoms with van der Waals surface area (Å²) in [5.41, 5.74) is 1.66. The molecule has 1 aromatic carbocycles. The number of benzene rings is 1. The number of hydrogen-bond donors (Lipinski definition) is 3. The third kappa shape index (κ3) is 3.28. The number of amides is 2. The van der Waals surface area contributed by atoms with Crippen molar-refractivity contribution >= 4 is 29.2 Å². The molecule has 7 nitrogen and oxygen atoms in total. The zero-order valence-corrected chi connectivity index (χ0v) is 13.6. The lowest BCUT2D eigenvalue weighted by Gasteiger charge is -2.33. The molecule has 1 heterocycles. The van der Waals surface area contributed by atoms with Crippen LogP contribution in [0.2, 0.25) is 0 Å². The zero-order chi connectivity index (χ0) is 17.3. The first-order valence-corrected chi connectivity index (χ1v) is 7.43. The average molecular weight is 319 g/mol. The van der Waals surface area contributed by atoms with Gasteiger partial charge in [-0.25, -0.2) is 4.79 Å². The monoisotopic (exact) mass is 319 g/mol. The van der Waals surface area contributed by atoms with Crippen LogP contribution in [-0.2, 0) is 9.59 Å². The summed E-state index contributed by atoms with van der Waals surface area (Å²) in [5.74, 6) is -1.94. The van der Waals surface area contributed by atoms with Crippen LogP contribution in [0.1, 0.15) is 31.1 Å². The van der Waals surface area contributed by atoms with E-state index in [1.165, 1.54) is 0 Å². The first-order valence-electron chi connectivity index (χ1n) is 7.43. The van der Waals surface area contributed by atoms with E-state index in [0.717, 1.165) is 5.69 Å². The second kappa shape index (κ2) is 6.28. The molecule has 23 heavy (non-hydrogen) atoms. The van der Waals surface area contributed by atoms with E-state index in [4.69, 9.17) is 5.11 Å². The number of likely N-dealkylation sites (N-methyl/N-ethyl adjacent to an activating group) is 1. The van der Waals surface area contributed by atoms with Gasteiger partial charge in [0.15, 0.2) is 0 Å². The van der Waals surface area contributed by atoms with Crippen molar-refractivity contribution in [2.24, 2.45) is 5.92 Å². The second-order valence-electron chi connectivity index (χ2n) is 6.04. The second-order valence-corrected chi connectivity index (χ2v) is 6.04. The van der Waals surface area contributed by atoms with Crippen LogP contribution in [0.15, 0.2) is 18.2 Å². The topological polar surface area (TPSA) is 98.7 Å². The Kier molecular flexibility index (Phi) is 4.58. The van der Waals surface area contributed by atoms with Crippen LogP contribution < -0.4 is 15.5 Å². The molecule has 2 rings (SSSR count). The van der Waals surface area contributed by atoms with Gasteiger partial charge in [-0.15, -0.1) is 0 Å². The third-order valence-corrected chi connectivity index (χ3v) is 4.08. The van der Waals surface area contributed by atoms with E-state index in [9.17, 15) is 14.4 Å². The van der Waals surface area contributed by atoms with Gasteiger partial charge in [-0.2, -0.15) is 0 Å². The maximum atomic E-state index is 12.3. The number of rotatable bonds is 4.